The molecule has 1 aromatic carbocycles. The summed E-state index contributed by atoms with van der Waals surface area (Å²) in [4.78, 5) is 0. The van der Waals surface area contributed by atoms with Gasteiger partial charge >= 0.3 is 0 Å². The minimum Gasteiger partial charge on any atom is -0.392 e. The third-order valence-electron chi connectivity index (χ3n) is 2.25. The number of hydrogen-bond donors (Lipinski definition) is 2. The van der Waals surface area contributed by atoms with E-state index in [1.807, 2.05) is 19.1 Å². The molecular formula is C12H15IO2. The van der Waals surface area contributed by atoms with Crippen molar-refractivity contribution in [3.05, 3.63) is 44.5 Å². The van der Waals surface area contributed by atoms with E-state index >= 15 is 0 Å². The molecule has 1 rings (SSSR count). The molecule has 15 heavy (non-hydrogen) atoms. The second-order valence-electron chi connectivity index (χ2n) is 3.49. The minimum absolute atomic E-state index is 0.00230. The Bertz CT molecular complexity index is 341. The molecular weight excluding hydrogens is 303 g/mol. The lowest BCUT2D eigenvalue weighted by molar-refractivity contribution is 0.316. The van der Waals surface area contributed by atoms with E-state index in [2.05, 4.69) is 34.7 Å². The van der Waals surface area contributed by atoms with Gasteiger partial charge in [0.2, 0.25) is 0 Å². The quantitative estimate of drug-likeness (QED) is 0.836. The lowest BCUT2D eigenvalue weighted by Crippen LogP contribution is -2.00. The van der Waals surface area contributed by atoms with Crippen molar-refractivity contribution in [1.82, 2.24) is 0 Å². The van der Waals surface area contributed by atoms with Crippen LogP contribution in [0.1, 0.15) is 11.1 Å². The summed E-state index contributed by atoms with van der Waals surface area (Å²) in [5.41, 5.74) is 3.28. The first kappa shape index (κ1) is 12.7. The van der Waals surface area contributed by atoms with Crippen molar-refractivity contribution in [2.45, 2.75) is 13.3 Å². The first-order chi connectivity index (χ1) is 7.17. The Morgan fingerprint density at radius 2 is 1.73 bits per heavy atom. The SMILES string of the molecule is Cc1ccc(C/C(CO)=C(\I)CO)cc1. The molecule has 0 fully saturated rings. The summed E-state index contributed by atoms with van der Waals surface area (Å²) < 4.78 is 0.829. The number of aryl methyl sites for hydroxylation is 1. The molecule has 0 saturated carbocycles. The second-order valence-corrected chi connectivity index (χ2v) is 4.79. The summed E-state index contributed by atoms with van der Waals surface area (Å²) in [6.07, 6.45) is 0.704. The van der Waals surface area contributed by atoms with Crippen LogP contribution in [0.2, 0.25) is 0 Å². The highest BCUT2D eigenvalue weighted by atomic mass is 127. The normalized spacial score (nSPS) is 12.5. The number of aliphatic hydroxyl groups is 2. The Hall–Kier alpha value is -0.390. The van der Waals surface area contributed by atoms with Gasteiger partial charge in [0, 0.05) is 3.58 Å². The highest BCUT2D eigenvalue weighted by Gasteiger charge is 2.03. The first-order valence-electron chi connectivity index (χ1n) is 4.81. The molecule has 0 unspecified atom stereocenters. The van der Waals surface area contributed by atoms with Crippen LogP contribution in [-0.4, -0.2) is 23.4 Å². The zero-order valence-corrected chi connectivity index (χ0v) is 10.9. The lowest BCUT2D eigenvalue weighted by Gasteiger charge is -2.07. The van der Waals surface area contributed by atoms with Crippen molar-refractivity contribution < 1.29 is 10.2 Å². The molecule has 0 radical (unpaired) electrons. The average molecular weight is 318 g/mol. The van der Waals surface area contributed by atoms with Gasteiger partial charge in [0.1, 0.15) is 0 Å². The maximum Gasteiger partial charge on any atom is 0.0739 e. The fraction of sp³-hybridized carbons (Fsp3) is 0.333. The summed E-state index contributed by atoms with van der Waals surface area (Å²) in [5.74, 6) is 0. The van der Waals surface area contributed by atoms with Gasteiger partial charge in [-0.1, -0.05) is 29.8 Å². The molecule has 0 saturated heterocycles. The van der Waals surface area contributed by atoms with E-state index in [1.54, 1.807) is 0 Å². The van der Waals surface area contributed by atoms with Crippen LogP contribution in [0.5, 0.6) is 0 Å². The number of rotatable bonds is 4. The van der Waals surface area contributed by atoms with E-state index in [0.717, 1.165) is 14.7 Å². The van der Waals surface area contributed by atoms with Crippen LogP contribution >= 0.6 is 22.6 Å². The largest absolute Gasteiger partial charge is 0.392 e. The molecule has 2 N–H and O–H groups in total. The van der Waals surface area contributed by atoms with E-state index in [9.17, 15) is 0 Å². The lowest BCUT2D eigenvalue weighted by atomic mass is 10.0. The summed E-state index contributed by atoms with van der Waals surface area (Å²) in [7, 11) is 0. The predicted octanol–water partition coefficient (Wildman–Crippen LogP) is 2.21. The first-order valence-corrected chi connectivity index (χ1v) is 5.89. The zero-order chi connectivity index (χ0) is 11.3. The predicted molar refractivity (Wildman–Crippen MR) is 70.1 cm³/mol. The van der Waals surface area contributed by atoms with Gasteiger partial charge in [0.15, 0.2) is 0 Å². The highest BCUT2D eigenvalue weighted by Crippen LogP contribution is 2.17. The van der Waals surface area contributed by atoms with E-state index in [-0.39, 0.29) is 13.2 Å². The standard InChI is InChI=1S/C12H15IO2/c1-9-2-4-10(5-3-9)6-11(7-14)12(13)8-15/h2-5,14-15H,6-8H2,1H3/b12-11+. The van der Waals surface area contributed by atoms with Gasteiger partial charge in [0.25, 0.3) is 0 Å². The van der Waals surface area contributed by atoms with Gasteiger partial charge < -0.3 is 10.2 Å². The van der Waals surface area contributed by atoms with Crippen LogP contribution in [0.15, 0.2) is 33.4 Å². The van der Waals surface area contributed by atoms with Crippen LogP contribution in [-0.2, 0) is 6.42 Å². The molecule has 0 atom stereocenters. The summed E-state index contributed by atoms with van der Waals surface area (Å²) in [5, 5.41) is 18.2. The topological polar surface area (TPSA) is 40.5 Å². The molecule has 0 aliphatic carbocycles. The minimum atomic E-state index is 0.00230. The summed E-state index contributed by atoms with van der Waals surface area (Å²) in [6, 6.07) is 8.20. The molecule has 0 bridgehead atoms. The van der Waals surface area contributed by atoms with Crippen LogP contribution < -0.4 is 0 Å². The van der Waals surface area contributed by atoms with Crippen molar-refractivity contribution in [3.63, 3.8) is 0 Å². The van der Waals surface area contributed by atoms with Gasteiger partial charge in [-0.2, -0.15) is 0 Å². The van der Waals surface area contributed by atoms with Gasteiger partial charge in [0.05, 0.1) is 13.2 Å². The summed E-state index contributed by atoms with van der Waals surface area (Å²) >= 11 is 2.07. The molecule has 3 heteroatoms. The van der Waals surface area contributed by atoms with Crippen molar-refractivity contribution in [2.75, 3.05) is 13.2 Å². The van der Waals surface area contributed by atoms with E-state index in [4.69, 9.17) is 10.2 Å². The maximum absolute atomic E-state index is 9.17. The van der Waals surface area contributed by atoms with Gasteiger partial charge in [-0.3, -0.25) is 0 Å². The number of halogens is 1. The van der Waals surface area contributed by atoms with Crippen LogP contribution in [0, 0.1) is 6.92 Å². The van der Waals surface area contributed by atoms with Gasteiger partial charge in [-0.05, 0) is 47.1 Å². The molecule has 0 aromatic heterocycles. The zero-order valence-electron chi connectivity index (χ0n) is 8.70. The van der Waals surface area contributed by atoms with Crippen LogP contribution in [0.4, 0.5) is 0 Å². The Balaban J connectivity index is 2.80. The Morgan fingerprint density at radius 1 is 1.13 bits per heavy atom. The number of benzene rings is 1. The molecule has 82 valence electrons. The summed E-state index contributed by atoms with van der Waals surface area (Å²) in [6.45, 7) is 2.05. The Kier molecular flexibility index (Phi) is 5.28. The molecule has 0 spiro atoms. The Morgan fingerprint density at radius 3 is 2.20 bits per heavy atom. The molecule has 2 nitrogen and oxygen atoms in total. The third kappa shape index (κ3) is 3.93. The fourth-order valence-electron chi connectivity index (χ4n) is 1.30. The van der Waals surface area contributed by atoms with E-state index in [1.165, 1.54) is 5.56 Å². The van der Waals surface area contributed by atoms with Crippen molar-refractivity contribution >= 4 is 22.6 Å². The highest BCUT2D eigenvalue weighted by molar-refractivity contribution is 14.1. The maximum atomic E-state index is 9.17. The van der Waals surface area contributed by atoms with Crippen molar-refractivity contribution in [1.29, 1.82) is 0 Å². The molecule has 0 heterocycles. The third-order valence-corrected chi connectivity index (χ3v) is 3.36. The number of aliphatic hydroxyl groups excluding tert-OH is 2. The van der Waals surface area contributed by atoms with Crippen LogP contribution in [0.25, 0.3) is 0 Å². The Labute approximate surface area is 104 Å². The molecule has 0 aliphatic rings. The van der Waals surface area contributed by atoms with Crippen molar-refractivity contribution in [2.24, 2.45) is 0 Å². The van der Waals surface area contributed by atoms with Gasteiger partial charge in [-0.25, -0.2) is 0 Å². The fourth-order valence-corrected chi connectivity index (χ4v) is 1.66. The van der Waals surface area contributed by atoms with E-state index < -0.39 is 0 Å². The smallest absolute Gasteiger partial charge is 0.0739 e. The number of hydrogen-bond acceptors (Lipinski definition) is 2. The van der Waals surface area contributed by atoms with Gasteiger partial charge in [-0.15, -0.1) is 0 Å². The molecule has 0 amide bonds. The second kappa shape index (κ2) is 6.25. The van der Waals surface area contributed by atoms with E-state index in [0.29, 0.717) is 6.42 Å². The van der Waals surface area contributed by atoms with Crippen molar-refractivity contribution in [3.8, 4) is 0 Å². The molecule has 1 aromatic rings. The average Bonchev–Trinajstić information content (AvgIpc) is 2.27. The monoisotopic (exact) mass is 318 g/mol. The molecule has 0 aliphatic heterocycles. The van der Waals surface area contributed by atoms with Crippen LogP contribution in [0.3, 0.4) is 0 Å².